The molecular weight excluding hydrogens is 894 g/mol. The van der Waals surface area contributed by atoms with Gasteiger partial charge in [0.25, 0.3) is 0 Å². The molecule has 0 aliphatic carbocycles. The van der Waals surface area contributed by atoms with E-state index >= 15 is 0 Å². The van der Waals surface area contributed by atoms with Gasteiger partial charge < -0.3 is 19.1 Å². The van der Waals surface area contributed by atoms with Gasteiger partial charge in [-0.05, 0) is 93.1 Å². The zero-order valence-electron chi connectivity index (χ0n) is 33.3. The molecule has 9 rings (SSSR count). The molecule has 0 fully saturated rings. The van der Waals surface area contributed by atoms with Crippen LogP contribution in [0, 0.1) is 30.1 Å². The Balaban J connectivity index is 0.00000469. The second kappa shape index (κ2) is 15.0. The van der Waals surface area contributed by atoms with Crippen molar-refractivity contribution in [1.82, 2.24) is 9.55 Å². The van der Waals surface area contributed by atoms with Gasteiger partial charge in [0.2, 0.25) is 0 Å². The number of ether oxygens (including phenoxy) is 1. The number of rotatable bonds is 6. The molecule has 58 heavy (non-hydrogen) atoms. The molecule has 290 valence electrons. The molecule has 2 aromatic heterocycles. The molecule has 1 aliphatic rings. The summed E-state index contributed by atoms with van der Waals surface area (Å²) in [5.74, 6) is 1.90. The van der Waals surface area contributed by atoms with Crippen LogP contribution in [0.3, 0.4) is 0 Å². The average Bonchev–Trinajstić information content (AvgIpc) is 3.76. The van der Waals surface area contributed by atoms with Crippen LogP contribution in [0.2, 0.25) is 0 Å². The maximum atomic E-state index is 9.74. The summed E-state index contributed by atoms with van der Waals surface area (Å²) >= 11 is 0. The number of anilines is 4. The van der Waals surface area contributed by atoms with Gasteiger partial charge >= 0.3 is 0 Å². The largest absolute Gasteiger partial charge is 0.509 e. The van der Waals surface area contributed by atoms with Crippen molar-refractivity contribution in [2.45, 2.75) is 52.4 Å². The Bertz CT molecular complexity index is 2860. The molecule has 0 saturated heterocycles. The molecular formula is C51H42N5OPt-3. The molecule has 8 aromatic rings. The fourth-order valence-corrected chi connectivity index (χ4v) is 7.54. The van der Waals surface area contributed by atoms with Crippen molar-refractivity contribution in [3.63, 3.8) is 0 Å². The smallest absolute Gasteiger partial charge is 0.135 e. The van der Waals surface area contributed by atoms with E-state index in [9.17, 15) is 5.26 Å². The maximum absolute atomic E-state index is 9.74. The van der Waals surface area contributed by atoms with E-state index in [2.05, 4.69) is 172 Å². The van der Waals surface area contributed by atoms with Crippen LogP contribution in [0.25, 0.3) is 38.8 Å². The molecule has 0 atom stereocenters. The normalized spacial score (nSPS) is 12.7. The summed E-state index contributed by atoms with van der Waals surface area (Å²) in [5.41, 5.74) is 11.1. The third kappa shape index (κ3) is 7.16. The standard InChI is InChI=1S/C51H42N5O.Pt/c1-50(2,3)37-23-24-53-49(29-37)56-45-22-19-34(32-52)25-44(45)43-21-20-42(31-48(43)56)57-41-16-12-15-39(30-41)54-33-55(47-18-11-10-17-46(47)54)40-27-36(35-13-8-7-9-14-35)26-38(28-40)51(4,5)6;/h7-29,33H,1-6H3;/q-3;. The Labute approximate surface area is 355 Å². The first-order valence-corrected chi connectivity index (χ1v) is 19.3. The van der Waals surface area contributed by atoms with Gasteiger partial charge in [-0.3, -0.25) is 0 Å². The predicted molar refractivity (Wildman–Crippen MR) is 232 cm³/mol. The van der Waals surface area contributed by atoms with Crippen molar-refractivity contribution in [1.29, 1.82) is 5.26 Å². The first kappa shape index (κ1) is 38.7. The number of benzene rings is 6. The molecule has 0 N–H and O–H groups in total. The van der Waals surface area contributed by atoms with Crippen molar-refractivity contribution in [2.75, 3.05) is 9.80 Å². The minimum absolute atomic E-state index is 0. The molecule has 6 aromatic carbocycles. The first-order chi connectivity index (χ1) is 27.4. The molecule has 0 spiro atoms. The number of aromatic nitrogens is 2. The topological polar surface area (TPSA) is 57.3 Å². The number of nitrogens with zero attached hydrogens (tertiary/aromatic N) is 5. The average molecular weight is 936 g/mol. The van der Waals surface area contributed by atoms with Crippen LogP contribution in [-0.4, -0.2) is 9.55 Å². The van der Waals surface area contributed by atoms with Gasteiger partial charge in [0.05, 0.1) is 11.6 Å². The SMILES string of the molecule is CC(C)(C)c1cc(-c2ccccc2)cc(N2[CH-]N(c3[c-]c(Oc4[c-]c5c(cc4)c4cc(C#N)ccc4n5-c4cc(C(C)(C)C)ccn4)ccc3)c3ccccc32)c1.[Pt]. The van der Waals surface area contributed by atoms with Gasteiger partial charge in [0.15, 0.2) is 0 Å². The number of pyridine rings is 1. The van der Waals surface area contributed by atoms with Gasteiger partial charge in [0.1, 0.15) is 5.82 Å². The summed E-state index contributed by atoms with van der Waals surface area (Å²) in [6.07, 6.45) is 1.86. The number of para-hydroxylation sites is 2. The van der Waals surface area contributed by atoms with Crippen molar-refractivity contribution >= 4 is 44.6 Å². The third-order valence-electron chi connectivity index (χ3n) is 10.7. The molecule has 1 aliphatic heterocycles. The molecule has 6 nitrogen and oxygen atoms in total. The molecule has 3 heterocycles. The minimum atomic E-state index is -0.0604. The summed E-state index contributed by atoms with van der Waals surface area (Å²) in [5, 5.41) is 11.7. The second-order valence-electron chi connectivity index (χ2n) is 16.6. The van der Waals surface area contributed by atoms with Crippen molar-refractivity contribution in [3.05, 3.63) is 175 Å². The first-order valence-electron chi connectivity index (χ1n) is 19.3. The molecule has 7 heteroatoms. The van der Waals surface area contributed by atoms with E-state index in [1.807, 2.05) is 48.7 Å². The van der Waals surface area contributed by atoms with Crippen LogP contribution >= 0.6 is 0 Å². The van der Waals surface area contributed by atoms with Crippen LogP contribution < -0.4 is 14.5 Å². The van der Waals surface area contributed by atoms with Gasteiger partial charge in [0, 0.05) is 61.3 Å². The number of hydrogen-bond donors (Lipinski definition) is 0. The molecule has 0 unspecified atom stereocenters. The van der Waals surface area contributed by atoms with Crippen molar-refractivity contribution in [3.8, 4) is 34.5 Å². The summed E-state index contributed by atoms with van der Waals surface area (Å²) in [7, 11) is 0. The van der Waals surface area contributed by atoms with Crippen molar-refractivity contribution in [2.24, 2.45) is 0 Å². The second-order valence-corrected chi connectivity index (χ2v) is 16.6. The maximum Gasteiger partial charge on any atom is 0.135 e. The third-order valence-corrected chi connectivity index (χ3v) is 10.7. The molecule has 0 radical (unpaired) electrons. The zero-order chi connectivity index (χ0) is 39.5. The van der Waals surface area contributed by atoms with Crippen LogP contribution in [0.1, 0.15) is 58.2 Å². The Morgan fingerprint density at radius 2 is 1.36 bits per heavy atom. The van der Waals surface area contributed by atoms with E-state index in [0.29, 0.717) is 17.1 Å². The van der Waals surface area contributed by atoms with Gasteiger partial charge in [-0.25, -0.2) is 4.98 Å². The molecule has 0 saturated carbocycles. The van der Waals surface area contributed by atoms with E-state index in [0.717, 1.165) is 50.4 Å². The van der Waals surface area contributed by atoms with Crippen LogP contribution in [0.4, 0.5) is 22.7 Å². The fraction of sp³-hybridized carbons (Fsp3) is 0.157. The van der Waals surface area contributed by atoms with Crippen LogP contribution in [-0.2, 0) is 31.9 Å². The number of nitriles is 1. The Kier molecular flexibility index (Phi) is 10.00. The van der Waals surface area contributed by atoms with Gasteiger partial charge in [-0.15, -0.1) is 48.1 Å². The van der Waals surface area contributed by atoms with E-state index in [4.69, 9.17) is 9.72 Å². The van der Waals surface area contributed by atoms with Gasteiger partial charge in [-0.1, -0.05) is 95.6 Å². The molecule has 0 bridgehead atoms. The summed E-state index contributed by atoms with van der Waals surface area (Å²) < 4.78 is 8.67. The number of hydrogen-bond acceptors (Lipinski definition) is 5. The number of fused-ring (bicyclic) bond motifs is 4. The Morgan fingerprint density at radius 1 is 0.638 bits per heavy atom. The summed E-state index contributed by atoms with van der Waals surface area (Å²) in [6, 6.07) is 55.2. The van der Waals surface area contributed by atoms with E-state index in [-0.39, 0.29) is 31.9 Å². The predicted octanol–water partition coefficient (Wildman–Crippen LogP) is 13.1. The molecule has 0 amide bonds. The van der Waals surface area contributed by atoms with Crippen molar-refractivity contribution < 1.29 is 25.8 Å². The zero-order valence-corrected chi connectivity index (χ0v) is 35.6. The van der Waals surface area contributed by atoms with E-state index in [1.165, 1.54) is 22.3 Å². The van der Waals surface area contributed by atoms with E-state index < -0.39 is 0 Å². The summed E-state index contributed by atoms with van der Waals surface area (Å²) in [6.45, 7) is 15.5. The minimum Gasteiger partial charge on any atom is -0.509 e. The summed E-state index contributed by atoms with van der Waals surface area (Å²) in [4.78, 5) is 9.24. The fourth-order valence-electron chi connectivity index (χ4n) is 7.54. The monoisotopic (exact) mass is 935 g/mol. The van der Waals surface area contributed by atoms with Crippen LogP contribution in [0.15, 0.2) is 140 Å². The Morgan fingerprint density at radius 3 is 2.10 bits per heavy atom. The van der Waals surface area contributed by atoms with Crippen LogP contribution in [0.5, 0.6) is 11.5 Å². The quantitative estimate of drug-likeness (QED) is 0.156. The Hall–Kier alpha value is -6.15. The van der Waals surface area contributed by atoms with E-state index in [1.54, 1.807) is 0 Å². The van der Waals surface area contributed by atoms with Gasteiger partial charge in [-0.2, -0.15) is 17.4 Å².